The molecule has 0 saturated heterocycles. The van der Waals surface area contributed by atoms with Gasteiger partial charge in [-0.2, -0.15) is 0 Å². The molecule has 1 aliphatic rings. The van der Waals surface area contributed by atoms with E-state index in [9.17, 15) is 0 Å². The third-order valence-electron chi connectivity index (χ3n) is 3.47. The zero-order chi connectivity index (χ0) is 11.4. The normalized spacial score (nSPS) is 17.9. The van der Waals surface area contributed by atoms with E-state index in [-0.39, 0.29) is 0 Å². The molecular weight excluding hydrogens is 216 g/mol. The van der Waals surface area contributed by atoms with Gasteiger partial charge in [-0.1, -0.05) is 19.3 Å². The van der Waals surface area contributed by atoms with Gasteiger partial charge in [0.2, 0.25) is 0 Å². The Morgan fingerprint density at radius 3 is 2.75 bits per heavy atom. The number of hydrogen-bond acceptors (Lipinski definition) is 3. The van der Waals surface area contributed by atoms with E-state index in [1.807, 2.05) is 18.4 Å². The number of thiazole rings is 1. The fourth-order valence-electron chi connectivity index (χ4n) is 2.45. The van der Waals surface area contributed by atoms with Crippen molar-refractivity contribution in [2.45, 2.75) is 51.4 Å². The highest BCUT2D eigenvalue weighted by Gasteiger charge is 2.19. The van der Waals surface area contributed by atoms with Gasteiger partial charge < -0.3 is 5.32 Å². The minimum Gasteiger partial charge on any atom is -0.319 e. The van der Waals surface area contributed by atoms with Crippen LogP contribution in [-0.2, 0) is 6.42 Å². The lowest BCUT2D eigenvalue weighted by Gasteiger charge is -2.18. The van der Waals surface area contributed by atoms with Crippen LogP contribution in [0.1, 0.15) is 53.6 Å². The fraction of sp³-hybridized carbons (Fsp3) is 0.769. The van der Waals surface area contributed by atoms with Gasteiger partial charge in [0.1, 0.15) is 0 Å². The summed E-state index contributed by atoms with van der Waals surface area (Å²) >= 11 is 1.95. The van der Waals surface area contributed by atoms with E-state index < -0.39 is 0 Å². The summed E-state index contributed by atoms with van der Waals surface area (Å²) < 4.78 is 0. The molecule has 0 bridgehead atoms. The van der Waals surface area contributed by atoms with Gasteiger partial charge in [0.05, 0.1) is 10.7 Å². The summed E-state index contributed by atoms with van der Waals surface area (Å²) in [6.07, 6.45) is 8.07. The first-order valence-corrected chi connectivity index (χ1v) is 7.23. The molecule has 0 spiro atoms. The van der Waals surface area contributed by atoms with Crippen molar-refractivity contribution in [3.05, 3.63) is 15.6 Å². The standard InChI is InChI=1S/C13H22N2S/c1-10-12(8-9-14-2)16-13(15-10)11-6-4-3-5-7-11/h11,14H,3-9H2,1-2H3. The van der Waals surface area contributed by atoms with Crippen LogP contribution in [-0.4, -0.2) is 18.6 Å². The molecule has 1 aromatic heterocycles. The van der Waals surface area contributed by atoms with Crippen molar-refractivity contribution in [3.63, 3.8) is 0 Å². The zero-order valence-electron chi connectivity index (χ0n) is 10.4. The summed E-state index contributed by atoms with van der Waals surface area (Å²) in [7, 11) is 2.01. The van der Waals surface area contributed by atoms with Crippen molar-refractivity contribution in [2.75, 3.05) is 13.6 Å². The van der Waals surface area contributed by atoms with Crippen molar-refractivity contribution in [1.29, 1.82) is 0 Å². The van der Waals surface area contributed by atoms with E-state index in [0.717, 1.165) is 18.9 Å². The number of nitrogens with one attached hydrogen (secondary N) is 1. The lowest BCUT2D eigenvalue weighted by atomic mass is 9.90. The van der Waals surface area contributed by atoms with Gasteiger partial charge in [-0.3, -0.25) is 0 Å². The first kappa shape index (κ1) is 12.1. The van der Waals surface area contributed by atoms with Crippen molar-refractivity contribution in [2.24, 2.45) is 0 Å². The molecule has 1 saturated carbocycles. The molecular formula is C13H22N2S. The topological polar surface area (TPSA) is 24.9 Å². The maximum Gasteiger partial charge on any atom is 0.0961 e. The molecule has 0 atom stereocenters. The Morgan fingerprint density at radius 2 is 2.06 bits per heavy atom. The summed E-state index contributed by atoms with van der Waals surface area (Å²) in [4.78, 5) is 6.26. The minimum atomic E-state index is 0.765. The number of rotatable bonds is 4. The Hall–Kier alpha value is -0.410. The first-order chi connectivity index (χ1) is 7.81. The van der Waals surface area contributed by atoms with E-state index >= 15 is 0 Å². The molecule has 0 amide bonds. The first-order valence-electron chi connectivity index (χ1n) is 6.42. The maximum atomic E-state index is 4.78. The molecule has 1 fully saturated rings. The lowest BCUT2D eigenvalue weighted by molar-refractivity contribution is 0.442. The summed E-state index contributed by atoms with van der Waals surface area (Å²) in [5.74, 6) is 0.765. The second-order valence-corrected chi connectivity index (χ2v) is 5.86. The average Bonchev–Trinajstić information content (AvgIpc) is 2.69. The van der Waals surface area contributed by atoms with Crippen LogP contribution < -0.4 is 5.32 Å². The molecule has 1 heterocycles. The van der Waals surface area contributed by atoms with E-state index in [1.54, 1.807) is 0 Å². The molecule has 1 aromatic rings. The molecule has 90 valence electrons. The highest BCUT2D eigenvalue weighted by Crippen LogP contribution is 2.35. The predicted octanol–water partition coefficient (Wildman–Crippen LogP) is 3.26. The zero-order valence-corrected chi connectivity index (χ0v) is 11.2. The second kappa shape index (κ2) is 5.78. The van der Waals surface area contributed by atoms with Crippen molar-refractivity contribution in [3.8, 4) is 0 Å². The van der Waals surface area contributed by atoms with Crippen molar-refractivity contribution >= 4 is 11.3 Å². The van der Waals surface area contributed by atoms with Crippen molar-refractivity contribution < 1.29 is 0 Å². The Balaban J connectivity index is 2.03. The number of likely N-dealkylation sites (N-methyl/N-ethyl adjacent to an activating group) is 1. The molecule has 1 aliphatic carbocycles. The number of hydrogen-bond donors (Lipinski definition) is 1. The van der Waals surface area contributed by atoms with E-state index in [4.69, 9.17) is 4.98 Å². The molecule has 3 heteroatoms. The average molecular weight is 238 g/mol. The summed E-state index contributed by atoms with van der Waals surface area (Å²) in [5, 5.41) is 4.62. The molecule has 0 unspecified atom stereocenters. The Bertz CT molecular complexity index is 327. The van der Waals surface area contributed by atoms with E-state index in [0.29, 0.717) is 0 Å². The van der Waals surface area contributed by atoms with Gasteiger partial charge in [0.15, 0.2) is 0 Å². The third kappa shape index (κ3) is 2.83. The number of aryl methyl sites for hydroxylation is 1. The summed E-state index contributed by atoms with van der Waals surface area (Å²) in [6.45, 7) is 3.22. The molecule has 2 rings (SSSR count). The number of aromatic nitrogens is 1. The number of nitrogens with zero attached hydrogens (tertiary/aromatic N) is 1. The lowest BCUT2D eigenvalue weighted by Crippen LogP contribution is -2.09. The van der Waals surface area contributed by atoms with Crippen LogP contribution in [0, 0.1) is 6.92 Å². The maximum absolute atomic E-state index is 4.78. The molecule has 1 N–H and O–H groups in total. The van der Waals surface area contributed by atoms with Crippen LogP contribution in [0.5, 0.6) is 0 Å². The van der Waals surface area contributed by atoms with Gasteiger partial charge in [-0.25, -0.2) is 4.98 Å². The van der Waals surface area contributed by atoms with Gasteiger partial charge >= 0.3 is 0 Å². The molecule has 0 aromatic carbocycles. The SMILES string of the molecule is CNCCc1sc(C2CCCCC2)nc1C. The highest BCUT2D eigenvalue weighted by molar-refractivity contribution is 7.11. The van der Waals surface area contributed by atoms with Gasteiger partial charge in [0.25, 0.3) is 0 Å². The largest absolute Gasteiger partial charge is 0.319 e. The van der Waals surface area contributed by atoms with Crippen LogP contribution in [0.2, 0.25) is 0 Å². The third-order valence-corrected chi connectivity index (χ3v) is 4.85. The highest BCUT2D eigenvalue weighted by atomic mass is 32.1. The van der Waals surface area contributed by atoms with Crippen LogP contribution in [0.15, 0.2) is 0 Å². The molecule has 0 radical (unpaired) electrons. The van der Waals surface area contributed by atoms with E-state index in [1.165, 1.54) is 47.7 Å². The Morgan fingerprint density at radius 1 is 1.31 bits per heavy atom. The summed E-state index contributed by atoms with van der Waals surface area (Å²) in [5.41, 5.74) is 1.26. The molecule has 2 nitrogen and oxygen atoms in total. The van der Waals surface area contributed by atoms with Crippen LogP contribution in [0.3, 0.4) is 0 Å². The quantitative estimate of drug-likeness (QED) is 0.871. The van der Waals surface area contributed by atoms with Crippen LogP contribution >= 0.6 is 11.3 Å². The van der Waals surface area contributed by atoms with Gasteiger partial charge in [-0.05, 0) is 39.8 Å². The summed E-state index contributed by atoms with van der Waals surface area (Å²) in [6, 6.07) is 0. The van der Waals surface area contributed by atoms with Crippen LogP contribution in [0.25, 0.3) is 0 Å². The predicted molar refractivity (Wildman–Crippen MR) is 70.3 cm³/mol. The van der Waals surface area contributed by atoms with Crippen molar-refractivity contribution in [1.82, 2.24) is 10.3 Å². The molecule has 16 heavy (non-hydrogen) atoms. The molecule has 0 aliphatic heterocycles. The van der Waals surface area contributed by atoms with E-state index in [2.05, 4.69) is 12.2 Å². The smallest absolute Gasteiger partial charge is 0.0961 e. The van der Waals surface area contributed by atoms with Gasteiger partial charge in [-0.15, -0.1) is 11.3 Å². The fourth-order valence-corrected chi connectivity index (χ4v) is 3.68. The van der Waals surface area contributed by atoms with Gasteiger partial charge in [0, 0.05) is 10.8 Å². The van der Waals surface area contributed by atoms with Crippen LogP contribution in [0.4, 0.5) is 0 Å². The Kier molecular flexibility index (Phi) is 4.36. The Labute approximate surface area is 102 Å². The minimum absolute atomic E-state index is 0.765. The monoisotopic (exact) mass is 238 g/mol. The second-order valence-electron chi connectivity index (χ2n) is 4.75.